The fourth-order valence-electron chi connectivity index (χ4n) is 2.38. The third-order valence-corrected chi connectivity index (χ3v) is 4.35. The second-order valence-electron chi connectivity index (χ2n) is 5.03. The lowest BCUT2D eigenvalue weighted by Crippen LogP contribution is -2.02. The van der Waals surface area contributed by atoms with Crippen LogP contribution in [0.4, 0.5) is 0 Å². The van der Waals surface area contributed by atoms with Crippen molar-refractivity contribution in [2.75, 3.05) is 6.26 Å². The largest absolute Gasteiger partial charge is 0.230 e. The van der Waals surface area contributed by atoms with Crippen LogP contribution in [0.15, 0.2) is 65.7 Å². The molecule has 0 bridgehead atoms. The molecule has 0 amide bonds. The Balaban J connectivity index is 2.41. The molecule has 3 aromatic rings. The fourth-order valence-corrected chi connectivity index (χ4v) is 3.12. The summed E-state index contributed by atoms with van der Waals surface area (Å²) in [5, 5.41) is 13.5. The zero-order valence-corrected chi connectivity index (χ0v) is 13.2. The molecule has 0 spiro atoms. The van der Waals surface area contributed by atoms with Gasteiger partial charge < -0.3 is 0 Å². The number of aromatic nitrogens is 2. The number of hydrogen-bond donors (Lipinski definition) is 0. The first-order chi connectivity index (χ1) is 11.0. The van der Waals surface area contributed by atoms with Gasteiger partial charge in [0.1, 0.15) is 11.6 Å². The average Bonchev–Trinajstić information content (AvgIpc) is 2.96. The Labute approximate surface area is 134 Å². The summed E-state index contributed by atoms with van der Waals surface area (Å²) in [5.74, 6) is 0. The molecule has 0 radical (unpaired) electrons. The van der Waals surface area contributed by atoms with Gasteiger partial charge in [-0.1, -0.05) is 48.5 Å². The van der Waals surface area contributed by atoms with Crippen LogP contribution in [0, 0.1) is 11.3 Å². The summed E-state index contributed by atoms with van der Waals surface area (Å²) in [5.41, 5.74) is 1.95. The Morgan fingerprint density at radius 1 is 1.00 bits per heavy atom. The zero-order chi connectivity index (χ0) is 16.4. The maximum atomic E-state index is 12.0. The smallest absolute Gasteiger partial charge is 0.195 e. The van der Waals surface area contributed by atoms with E-state index in [9.17, 15) is 13.7 Å². The Bertz CT molecular complexity index is 986. The van der Waals surface area contributed by atoms with Crippen LogP contribution in [-0.2, 0) is 9.84 Å². The summed E-state index contributed by atoms with van der Waals surface area (Å²) in [4.78, 5) is 0. The monoisotopic (exact) mass is 323 g/mol. The second-order valence-corrected chi connectivity index (χ2v) is 6.96. The Morgan fingerprint density at radius 3 is 2.09 bits per heavy atom. The fraction of sp³-hybridized carbons (Fsp3) is 0.0588. The van der Waals surface area contributed by atoms with Gasteiger partial charge in [-0.2, -0.15) is 10.4 Å². The van der Waals surface area contributed by atoms with E-state index in [1.165, 1.54) is 4.68 Å². The molecule has 1 heterocycles. The van der Waals surface area contributed by atoms with Gasteiger partial charge in [0.15, 0.2) is 14.9 Å². The molecular formula is C17H13N3O2S. The molecule has 0 aliphatic heterocycles. The summed E-state index contributed by atoms with van der Waals surface area (Å²) in [6, 6.07) is 20.3. The number of rotatable bonds is 3. The number of sulfone groups is 1. The van der Waals surface area contributed by atoms with E-state index >= 15 is 0 Å². The normalized spacial score (nSPS) is 11.1. The number of nitrogens with zero attached hydrogens (tertiary/aromatic N) is 3. The SMILES string of the molecule is CS(=O)(=O)c1nn(-c2ccccc2)c(-c2ccccc2)c1C#N. The highest BCUT2D eigenvalue weighted by Crippen LogP contribution is 2.30. The van der Waals surface area contributed by atoms with E-state index in [1.807, 2.05) is 66.7 Å². The van der Waals surface area contributed by atoms with Crippen molar-refractivity contribution in [3.8, 4) is 23.0 Å². The van der Waals surface area contributed by atoms with Crippen molar-refractivity contribution >= 4 is 9.84 Å². The molecule has 0 saturated carbocycles. The summed E-state index contributed by atoms with van der Waals surface area (Å²) >= 11 is 0. The highest BCUT2D eigenvalue weighted by atomic mass is 32.2. The Kier molecular flexibility index (Phi) is 3.72. The first-order valence-corrected chi connectivity index (χ1v) is 8.75. The third kappa shape index (κ3) is 2.74. The van der Waals surface area contributed by atoms with Crippen LogP contribution >= 0.6 is 0 Å². The van der Waals surface area contributed by atoms with Crippen LogP contribution in [0.1, 0.15) is 5.56 Å². The lowest BCUT2D eigenvalue weighted by Gasteiger charge is -2.07. The molecular weight excluding hydrogens is 310 g/mol. The molecule has 0 aliphatic carbocycles. The highest BCUT2D eigenvalue weighted by Gasteiger charge is 2.26. The standard InChI is InChI=1S/C17H13N3O2S/c1-23(21,22)17-15(12-18)16(13-8-4-2-5-9-13)20(19-17)14-10-6-3-7-11-14/h2-11H,1H3. The van der Waals surface area contributed by atoms with Gasteiger partial charge in [0.25, 0.3) is 0 Å². The average molecular weight is 323 g/mol. The summed E-state index contributed by atoms with van der Waals surface area (Å²) in [6.45, 7) is 0. The minimum absolute atomic E-state index is 0.0579. The number of nitriles is 1. The molecule has 23 heavy (non-hydrogen) atoms. The van der Waals surface area contributed by atoms with Crippen molar-refractivity contribution in [3.05, 3.63) is 66.2 Å². The van der Waals surface area contributed by atoms with Crippen molar-refractivity contribution in [1.29, 1.82) is 5.26 Å². The minimum Gasteiger partial charge on any atom is -0.230 e. The van der Waals surface area contributed by atoms with Gasteiger partial charge in [0.05, 0.1) is 11.4 Å². The van der Waals surface area contributed by atoms with Gasteiger partial charge in [-0.15, -0.1) is 0 Å². The molecule has 6 heteroatoms. The lowest BCUT2D eigenvalue weighted by molar-refractivity contribution is 0.596. The Morgan fingerprint density at radius 2 is 1.57 bits per heavy atom. The molecule has 0 saturated heterocycles. The zero-order valence-electron chi connectivity index (χ0n) is 12.3. The quantitative estimate of drug-likeness (QED) is 0.742. The summed E-state index contributed by atoms with van der Waals surface area (Å²) < 4.78 is 25.5. The molecule has 0 fully saturated rings. The first kappa shape index (κ1) is 15.0. The third-order valence-electron chi connectivity index (χ3n) is 3.36. The van der Waals surface area contributed by atoms with E-state index < -0.39 is 9.84 Å². The van der Waals surface area contributed by atoms with Gasteiger partial charge in [0, 0.05) is 11.8 Å². The number of para-hydroxylation sites is 1. The first-order valence-electron chi connectivity index (χ1n) is 6.86. The van der Waals surface area contributed by atoms with Crippen LogP contribution in [0.2, 0.25) is 0 Å². The van der Waals surface area contributed by atoms with Crippen molar-refractivity contribution in [2.45, 2.75) is 5.03 Å². The molecule has 114 valence electrons. The number of hydrogen-bond acceptors (Lipinski definition) is 4. The molecule has 3 rings (SSSR count). The van der Waals surface area contributed by atoms with Crippen molar-refractivity contribution in [1.82, 2.24) is 9.78 Å². The minimum atomic E-state index is -3.62. The van der Waals surface area contributed by atoms with E-state index in [0.29, 0.717) is 11.4 Å². The predicted octanol–water partition coefficient (Wildman–Crippen LogP) is 2.81. The van der Waals surface area contributed by atoms with E-state index in [2.05, 4.69) is 5.10 Å². The van der Waals surface area contributed by atoms with Crippen LogP contribution in [0.25, 0.3) is 16.9 Å². The van der Waals surface area contributed by atoms with Gasteiger partial charge in [-0.25, -0.2) is 13.1 Å². The highest BCUT2D eigenvalue weighted by molar-refractivity contribution is 7.90. The van der Waals surface area contributed by atoms with E-state index in [1.54, 1.807) is 0 Å². The van der Waals surface area contributed by atoms with Gasteiger partial charge in [-0.3, -0.25) is 0 Å². The van der Waals surface area contributed by atoms with Crippen molar-refractivity contribution in [2.24, 2.45) is 0 Å². The predicted molar refractivity (Wildman–Crippen MR) is 86.8 cm³/mol. The second kappa shape index (κ2) is 5.71. The maximum Gasteiger partial charge on any atom is 0.195 e. The lowest BCUT2D eigenvalue weighted by atomic mass is 10.1. The van der Waals surface area contributed by atoms with Gasteiger partial charge in [0.2, 0.25) is 0 Å². The van der Waals surface area contributed by atoms with Gasteiger partial charge >= 0.3 is 0 Å². The van der Waals surface area contributed by atoms with Crippen LogP contribution in [-0.4, -0.2) is 24.5 Å². The molecule has 0 unspecified atom stereocenters. The van der Waals surface area contributed by atoms with E-state index in [-0.39, 0.29) is 10.6 Å². The van der Waals surface area contributed by atoms with Crippen LogP contribution in [0.3, 0.4) is 0 Å². The van der Waals surface area contributed by atoms with E-state index in [4.69, 9.17) is 0 Å². The van der Waals surface area contributed by atoms with E-state index in [0.717, 1.165) is 11.8 Å². The molecule has 0 N–H and O–H groups in total. The topological polar surface area (TPSA) is 75.8 Å². The van der Waals surface area contributed by atoms with Crippen LogP contribution < -0.4 is 0 Å². The molecule has 5 nitrogen and oxygen atoms in total. The Hall–Kier alpha value is -2.91. The molecule has 0 aliphatic rings. The summed E-state index contributed by atoms with van der Waals surface area (Å²) in [7, 11) is -3.62. The van der Waals surface area contributed by atoms with Crippen molar-refractivity contribution in [3.63, 3.8) is 0 Å². The number of benzene rings is 2. The van der Waals surface area contributed by atoms with Crippen LogP contribution in [0.5, 0.6) is 0 Å². The molecule has 1 aromatic heterocycles. The molecule has 2 aromatic carbocycles. The maximum absolute atomic E-state index is 12.0. The summed E-state index contributed by atoms with van der Waals surface area (Å²) in [6.07, 6.45) is 1.06. The molecule has 0 atom stereocenters. The van der Waals surface area contributed by atoms with Crippen molar-refractivity contribution < 1.29 is 8.42 Å². The van der Waals surface area contributed by atoms with Gasteiger partial charge in [-0.05, 0) is 12.1 Å².